The summed E-state index contributed by atoms with van der Waals surface area (Å²) in [5.41, 5.74) is -0.358. The molecule has 12 nitrogen and oxygen atoms in total. The van der Waals surface area contributed by atoms with Crippen LogP contribution in [0.15, 0.2) is 59.4 Å². The molecule has 1 saturated carbocycles. The minimum absolute atomic E-state index is 0.00202. The quantitative estimate of drug-likeness (QED) is 0.126. The van der Waals surface area contributed by atoms with Crippen molar-refractivity contribution >= 4 is 60.7 Å². The molecular weight excluding hydrogens is 850 g/mol. The summed E-state index contributed by atoms with van der Waals surface area (Å²) in [4.78, 5) is 34.1. The van der Waals surface area contributed by atoms with Gasteiger partial charge in [0, 0.05) is 31.0 Å². The highest BCUT2D eigenvalue weighted by Gasteiger charge is 2.67. The average Bonchev–Trinajstić information content (AvgIpc) is 3.73. The molecule has 1 amide bonds. The van der Waals surface area contributed by atoms with Crippen molar-refractivity contribution in [3.63, 3.8) is 0 Å². The van der Waals surface area contributed by atoms with E-state index in [0.29, 0.717) is 10.7 Å². The van der Waals surface area contributed by atoms with E-state index >= 15 is 8.78 Å². The van der Waals surface area contributed by atoms with Crippen LogP contribution in [0.2, 0.25) is 5.02 Å². The standard InChI is InChI=1S/C41H35ClF6N8O4S/c1-54-35-30(11-10-27(42)33(35)38(52-54)53-61(2,59)60)56-39(50-28-15-21(8-9-24(28)40(56)58)20-6-4-3-5-7-20)29(14-19-12-22(43)16-23(44)13-19)49-31(57)18-55-36-32(34(51-55)37(45)46)25-17-26(25)41(36,47)48/h6,8-13,15-16,25-26,29,37H,3-5,7,14,17-18H2,1-2H3,(H,49,57)(H,52,53)/t25-,26+,29-/m0/s1. The van der Waals surface area contributed by atoms with Gasteiger partial charge in [-0.1, -0.05) is 23.7 Å². The maximum absolute atomic E-state index is 15.5. The van der Waals surface area contributed by atoms with Gasteiger partial charge in [-0.05, 0) is 91.1 Å². The number of allylic oxidation sites excluding steroid dienone is 2. The van der Waals surface area contributed by atoms with Gasteiger partial charge in [0.25, 0.3) is 17.9 Å². The van der Waals surface area contributed by atoms with Crippen molar-refractivity contribution in [2.75, 3.05) is 11.0 Å². The molecule has 6 aromatic rings. The van der Waals surface area contributed by atoms with Crippen molar-refractivity contribution in [1.29, 1.82) is 0 Å². The van der Waals surface area contributed by atoms with E-state index in [-0.39, 0.29) is 61.7 Å². The summed E-state index contributed by atoms with van der Waals surface area (Å²) in [5.74, 6) is -8.83. The molecule has 0 bridgehead atoms. The molecule has 20 heteroatoms. The second-order valence-corrected chi connectivity index (χ2v) is 17.9. The Hall–Kier alpha value is -5.69. The van der Waals surface area contributed by atoms with Crippen LogP contribution >= 0.6 is 11.6 Å². The zero-order chi connectivity index (χ0) is 43.3. The van der Waals surface area contributed by atoms with E-state index in [2.05, 4.69) is 26.3 Å². The second kappa shape index (κ2) is 14.7. The van der Waals surface area contributed by atoms with E-state index in [9.17, 15) is 35.6 Å². The zero-order valence-electron chi connectivity index (χ0n) is 32.3. The monoisotopic (exact) mass is 884 g/mol. The molecule has 1 fully saturated rings. The molecule has 9 rings (SSSR count). The van der Waals surface area contributed by atoms with Gasteiger partial charge in [0.1, 0.15) is 35.4 Å². The zero-order valence-corrected chi connectivity index (χ0v) is 33.9. The molecule has 3 aromatic heterocycles. The fourth-order valence-electron chi connectivity index (χ4n) is 8.88. The number of aromatic nitrogens is 6. The molecule has 0 radical (unpaired) electrons. The van der Waals surface area contributed by atoms with Gasteiger partial charge in [-0.25, -0.2) is 31.0 Å². The van der Waals surface area contributed by atoms with Crippen molar-refractivity contribution in [2.24, 2.45) is 13.0 Å². The van der Waals surface area contributed by atoms with Gasteiger partial charge < -0.3 is 5.32 Å². The SMILES string of the molecule is Cn1nc(NS(C)(=O)=O)c2c(Cl)ccc(-n3c([C@H](Cc4cc(F)cc(F)c4)NC(=O)Cn4nc(C(F)F)c5c4C(F)(F)[C@@H]4C[C@H]54)nc4cc(C5=CCCCC5)ccc4c3=O)c21. The summed E-state index contributed by atoms with van der Waals surface area (Å²) in [6.45, 7) is -0.957. The summed E-state index contributed by atoms with van der Waals surface area (Å²) in [6, 6.07) is 9.12. The minimum atomic E-state index is -3.89. The fraction of sp³-hybridized carbons (Fsp3) is 0.341. The molecule has 3 aliphatic rings. The van der Waals surface area contributed by atoms with E-state index in [0.717, 1.165) is 59.8 Å². The molecule has 0 unspecified atom stereocenters. The number of amides is 1. The maximum Gasteiger partial charge on any atom is 0.293 e. The lowest BCUT2D eigenvalue weighted by Crippen LogP contribution is -2.38. The Morgan fingerprint density at radius 3 is 2.49 bits per heavy atom. The summed E-state index contributed by atoms with van der Waals surface area (Å²) in [5, 5.41) is 11.0. The van der Waals surface area contributed by atoms with Crippen molar-refractivity contribution in [3.8, 4) is 5.69 Å². The predicted octanol–water partition coefficient (Wildman–Crippen LogP) is 7.98. The van der Waals surface area contributed by atoms with Crippen LogP contribution in [-0.2, 0) is 40.8 Å². The van der Waals surface area contributed by atoms with Gasteiger partial charge in [0.15, 0.2) is 5.82 Å². The Bertz CT molecular complexity index is 3020. The van der Waals surface area contributed by atoms with Gasteiger partial charge in [0.2, 0.25) is 15.9 Å². The first-order chi connectivity index (χ1) is 28.9. The highest BCUT2D eigenvalue weighted by Crippen LogP contribution is 2.68. The second-order valence-electron chi connectivity index (χ2n) is 15.7. The van der Waals surface area contributed by atoms with Crippen LogP contribution in [0.25, 0.3) is 33.1 Å². The molecule has 3 aliphatic carbocycles. The number of aryl methyl sites for hydroxylation is 1. The Morgan fingerprint density at radius 2 is 1.80 bits per heavy atom. The molecule has 3 heterocycles. The van der Waals surface area contributed by atoms with Crippen LogP contribution in [0.3, 0.4) is 0 Å². The smallest absolute Gasteiger partial charge is 0.293 e. The number of rotatable bonds is 11. The summed E-state index contributed by atoms with van der Waals surface area (Å²) < 4.78 is 119. The van der Waals surface area contributed by atoms with Crippen molar-refractivity contribution in [1.82, 2.24) is 34.4 Å². The van der Waals surface area contributed by atoms with Crippen LogP contribution < -0.4 is 15.6 Å². The third-order valence-corrected chi connectivity index (χ3v) is 12.3. The van der Waals surface area contributed by atoms with Gasteiger partial charge in [0.05, 0.1) is 44.8 Å². The molecule has 61 heavy (non-hydrogen) atoms. The number of fused-ring (bicyclic) bond motifs is 5. The number of nitrogens with one attached hydrogen (secondary N) is 2. The summed E-state index contributed by atoms with van der Waals surface area (Å²) >= 11 is 6.64. The fourth-order valence-corrected chi connectivity index (χ4v) is 9.62. The number of hydrogen-bond donors (Lipinski definition) is 2. The van der Waals surface area contributed by atoms with E-state index < -0.39 is 87.7 Å². The molecule has 0 saturated heterocycles. The molecular formula is C41H35ClF6N8O4S. The molecule has 0 aliphatic heterocycles. The maximum atomic E-state index is 15.5. The number of carbonyl (C=O) groups excluding carboxylic acids is 1. The van der Waals surface area contributed by atoms with Crippen molar-refractivity contribution in [2.45, 2.75) is 69.4 Å². The summed E-state index contributed by atoms with van der Waals surface area (Å²) in [7, 11) is -2.42. The lowest BCUT2D eigenvalue weighted by Gasteiger charge is -2.24. The van der Waals surface area contributed by atoms with Gasteiger partial charge in [-0.15, -0.1) is 0 Å². The Balaban J connectivity index is 1.25. The third-order valence-electron chi connectivity index (χ3n) is 11.5. The van der Waals surface area contributed by atoms with E-state index in [1.54, 1.807) is 18.2 Å². The lowest BCUT2D eigenvalue weighted by molar-refractivity contribution is -0.123. The van der Waals surface area contributed by atoms with Crippen LogP contribution in [0.1, 0.15) is 84.4 Å². The van der Waals surface area contributed by atoms with E-state index in [4.69, 9.17) is 16.6 Å². The number of benzene rings is 3. The summed E-state index contributed by atoms with van der Waals surface area (Å²) in [6.07, 6.45) is 2.99. The van der Waals surface area contributed by atoms with Crippen LogP contribution in [0.5, 0.6) is 0 Å². The topological polar surface area (TPSA) is 146 Å². The molecule has 2 N–H and O–H groups in total. The first-order valence-corrected chi connectivity index (χ1v) is 21.6. The molecule has 318 valence electrons. The van der Waals surface area contributed by atoms with E-state index in [1.807, 2.05) is 0 Å². The largest absolute Gasteiger partial charge is 0.344 e. The Kier molecular flexibility index (Phi) is 9.84. The molecule has 0 spiro atoms. The number of alkyl halides is 4. The predicted molar refractivity (Wildman–Crippen MR) is 214 cm³/mol. The number of halogens is 7. The van der Waals surface area contributed by atoms with Crippen LogP contribution in [0, 0.1) is 17.6 Å². The first-order valence-electron chi connectivity index (χ1n) is 19.3. The van der Waals surface area contributed by atoms with Gasteiger partial charge in [-0.2, -0.15) is 19.0 Å². The molecule has 3 aromatic carbocycles. The number of sulfonamides is 1. The highest BCUT2D eigenvalue weighted by atomic mass is 35.5. The minimum Gasteiger partial charge on any atom is -0.344 e. The van der Waals surface area contributed by atoms with E-state index in [1.165, 1.54) is 23.9 Å². The van der Waals surface area contributed by atoms with Crippen molar-refractivity contribution in [3.05, 3.63) is 116 Å². The number of hydrogen-bond acceptors (Lipinski definition) is 7. The van der Waals surface area contributed by atoms with Crippen LogP contribution in [0.4, 0.5) is 32.2 Å². The molecule has 3 atom stereocenters. The number of carbonyl (C=O) groups is 1. The first kappa shape index (κ1) is 40.7. The third kappa shape index (κ3) is 7.24. The number of nitrogens with zero attached hydrogens (tertiary/aromatic N) is 6. The highest BCUT2D eigenvalue weighted by molar-refractivity contribution is 7.92. The van der Waals surface area contributed by atoms with Gasteiger partial charge in [-0.3, -0.25) is 28.2 Å². The number of anilines is 1. The average molecular weight is 885 g/mol. The normalized spacial score (nSPS) is 18.6. The van der Waals surface area contributed by atoms with Crippen LogP contribution in [-0.4, -0.2) is 49.7 Å². The van der Waals surface area contributed by atoms with Gasteiger partial charge >= 0.3 is 0 Å². The Labute approximate surface area is 348 Å². The van der Waals surface area contributed by atoms with Crippen molar-refractivity contribution < 1.29 is 39.6 Å². The lowest BCUT2D eigenvalue weighted by atomic mass is 9.93. The Morgan fingerprint density at radius 1 is 1.05 bits per heavy atom.